The van der Waals surface area contributed by atoms with E-state index in [-0.39, 0.29) is 0 Å². The van der Waals surface area contributed by atoms with Gasteiger partial charge in [-0.15, -0.1) is 0 Å². The zero-order valence-corrected chi connectivity index (χ0v) is 16.2. The van der Waals surface area contributed by atoms with Crippen LogP contribution in [-0.4, -0.2) is 21.8 Å². The fraction of sp³-hybridized carbons (Fsp3) is 0.273. The molecule has 3 heteroatoms. The van der Waals surface area contributed by atoms with E-state index in [1.54, 1.807) is 0 Å². The van der Waals surface area contributed by atoms with Crippen LogP contribution in [0.1, 0.15) is 25.0 Å². The zero-order valence-electron chi connectivity index (χ0n) is 15.2. The normalized spacial score (nSPS) is 12.2. The van der Waals surface area contributed by atoms with Gasteiger partial charge in [-0.25, -0.2) is 0 Å². The van der Waals surface area contributed by atoms with Crippen LogP contribution < -0.4 is 0 Å². The second-order valence-corrected chi connectivity index (χ2v) is 9.03. The fourth-order valence-electron chi connectivity index (χ4n) is 2.76. The minimum Gasteiger partial charge on any atom is -0.394 e. The van der Waals surface area contributed by atoms with Crippen molar-refractivity contribution in [2.75, 3.05) is 13.2 Å². The Bertz CT molecular complexity index is 591. The maximum Gasteiger partial charge on any atom is 0.345 e. The van der Waals surface area contributed by atoms with Crippen LogP contribution in [0.15, 0.2) is 72.8 Å². The molecule has 0 spiro atoms. The van der Waals surface area contributed by atoms with E-state index in [9.17, 15) is 0 Å². The first-order valence-electron chi connectivity index (χ1n) is 8.99. The summed E-state index contributed by atoms with van der Waals surface area (Å²) in [6.45, 7) is 5.46. The fourth-order valence-corrected chi connectivity index (χ4v) is 5.49. The maximum absolute atomic E-state index is 6.16. The van der Waals surface area contributed by atoms with E-state index in [4.69, 9.17) is 8.85 Å². The highest BCUT2D eigenvalue weighted by atomic mass is 28.4. The Morgan fingerprint density at radius 3 is 1.44 bits per heavy atom. The average Bonchev–Trinajstić information content (AvgIpc) is 2.64. The van der Waals surface area contributed by atoms with E-state index in [0.29, 0.717) is 13.2 Å². The lowest BCUT2D eigenvalue weighted by atomic mass is 10.2. The summed E-state index contributed by atoms with van der Waals surface area (Å²) in [5.74, 6) is 0. The third-order valence-corrected chi connectivity index (χ3v) is 7.24. The molecule has 0 fully saturated rings. The second kappa shape index (κ2) is 10.8. The summed E-state index contributed by atoms with van der Waals surface area (Å²) < 4.78 is 12.3. The topological polar surface area (TPSA) is 18.5 Å². The van der Waals surface area contributed by atoms with Crippen molar-refractivity contribution < 1.29 is 8.85 Å². The quantitative estimate of drug-likeness (QED) is 0.493. The summed E-state index contributed by atoms with van der Waals surface area (Å²) in [5.41, 5.74) is 2.41. The van der Waals surface area contributed by atoms with Crippen molar-refractivity contribution in [2.45, 2.75) is 25.9 Å². The highest BCUT2D eigenvalue weighted by molar-refractivity contribution is 6.68. The van der Waals surface area contributed by atoms with Crippen molar-refractivity contribution in [3.63, 3.8) is 0 Å². The summed E-state index contributed by atoms with van der Waals surface area (Å²) >= 11 is 0. The lowest BCUT2D eigenvalue weighted by Gasteiger charge is -2.28. The highest BCUT2D eigenvalue weighted by Crippen LogP contribution is 2.22. The predicted molar refractivity (Wildman–Crippen MR) is 110 cm³/mol. The van der Waals surface area contributed by atoms with Gasteiger partial charge in [0.1, 0.15) is 0 Å². The molecular formula is C22H28O2Si. The first-order valence-corrected chi connectivity index (χ1v) is 11.2. The molecule has 0 unspecified atom stereocenters. The van der Waals surface area contributed by atoms with Crippen LogP contribution in [0.2, 0.25) is 12.1 Å². The third kappa shape index (κ3) is 6.82. The molecule has 132 valence electrons. The Hall–Kier alpha value is -1.94. The van der Waals surface area contributed by atoms with Crippen LogP contribution in [-0.2, 0) is 8.85 Å². The largest absolute Gasteiger partial charge is 0.394 e. The molecule has 0 aliphatic carbocycles. The molecule has 2 aromatic rings. The Labute approximate surface area is 153 Å². The minimum absolute atomic E-state index is 0.685. The number of allylic oxidation sites excluding steroid dienone is 2. The lowest BCUT2D eigenvalue weighted by Crippen LogP contribution is -2.41. The molecule has 2 nitrogen and oxygen atoms in total. The van der Waals surface area contributed by atoms with Crippen LogP contribution in [0.5, 0.6) is 0 Å². The van der Waals surface area contributed by atoms with Crippen LogP contribution in [0.25, 0.3) is 12.2 Å². The summed E-state index contributed by atoms with van der Waals surface area (Å²) in [5, 5.41) is 0. The average molecular weight is 353 g/mol. The Balaban J connectivity index is 2.06. The molecule has 0 aliphatic rings. The van der Waals surface area contributed by atoms with Gasteiger partial charge in [0.05, 0.1) is 0 Å². The molecule has 0 atom stereocenters. The summed E-state index contributed by atoms with van der Waals surface area (Å²) in [6, 6.07) is 22.4. The van der Waals surface area contributed by atoms with Gasteiger partial charge in [-0.1, -0.05) is 85.0 Å². The van der Waals surface area contributed by atoms with Gasteiger partial charge in [-0.05, 0) is 25.0 Å². The van der Waals surface area contributed by atoms with Gasteiger partial charge in [0, 0.05) is 25.3 Å². The Morgan fingerprint density at radius 2 is 1.08 bits per heavy atom. The van der Waals surface area contributed by atoms with Crippen molar-refractivity contribution >= 4 is 20.7 Å². The van der Waals surface area contributed by atoms with Gasteiger partial charge in [0.2, 0.25) is 0 Å². The van der Waals surface area contributed by atoms with Crippen molar-refractivity contribution in [3.8, 4) is 0 Å². The SMILES string of the molecule is CCO[Si](CC=Cc1ccccc1)(CC=Cc1ccccc1)OCC. The molecule has 0 radical (unpaired) electrons. The first kappa shape index (κ1) is 19.4. The summed E-state index contributed by atoms with van der Waals surface area (Å²) in [7, 11) is -2.28. The number of hydrogen-bond acceptors (Lipinski definition) is 2. The summed E-state index contributed by atoms with van der Waals surface area (Å²) in [6.07, 6.45) is 8.70. The van der Waals surface area contributed by atoms with Crippen LogP contribution in [0, 0.1) is 0 Å². The molecule has 0 amide bonds. The van der Waals surface area contributed by atoms with E-state index >= 15 is 0 Å². The van der Waals surface area contributed by atoms with E-state index < -0.39 is 8.56 Å². The number of rotatable bonds is 10. The molecular weight excluding hydrogens is 324 g/mol. The van der Waals surface area contributed by atoms with Crippen molar-refractivity contribution in [1.29, 1.82) is 0 Å². The number of hydrogen-bond donors (Lipinski definition) is 0. The highest BCUT2D eigenvalue weighted by Gasteiger charge is 2.34. The van der Waals surface area contributed by atoms with Crippen molar-refractivity contribution in [2.24, 2.45) is 0 Å². The molecule has 2 aromatic carbocycles. The minimum atomic E-state index is -2.28. The van der Waals surface area contributed by atoms with E-state index in [1.807, 2.05) is 26.0 Å². The monoisotopic (exact) mass is 352 g/mol. The van der Waals surface area contributed by atoms with E-state index in [0.717, 1.165) is 12.1 Å². The van der Waals surface area contributed by atoms with Gasteiger partial charge < -0.3 is 8.85 Å². The van der Waals surface area contributed by atoms with Gasteiger partial charge in [0.15, 0.2) is 0 Å². The van der Waals surface area contributed by atoms with Gasteiger partial charge in [-0.2, -0.15) is 0 Å². The van der Waals surface area contributed by atoms with Crippen LogP contribution >= 0.6 is 0 Å². The standard InChI is InChI=1S/C22H28O2Si/c1-3-23-25(24-4-2,19-11-17-21-13-7-5-8-14-21)20-12-18-22-15-9-6-10-16-22/h5-18H,3-4,19-20H2,1-2H3. The first-order chi connectivity index (χ1) is 12.3. The molecule has 0 saturated heterocycles. The van der Waals surface area contributed by atoms with Crippen LogP contribution in [0.4, 0.5) is 0 Å². The van der Waals surface area contributed by atoms with Gasteiger partial charge in [0.25, 0.3) is 0 Å². The molecule has 2 rings (SSSR count). The maximum atomic E-state index is 6.16. The molecule has 0 bridgehead atoms. The molecule has 0 aromatic heterocycles. The molecule has 0 heterocycles. The smallest absolute Gasteiger partial charge is 0.345 e. The lowest BCUT2D eigenvalue weighted by molar-refractivity contribution is 0.188. The second-order valence-electron chi connectivity index (χ2n) is 5.81. The Morgan fingerprint density at radius 1 is 0.680 bits per heavy atom. The van der Waals surface area contributed by atoms with E-state index in [1.165, 1.54) is 11.1 Å². The van der Waals surface area contributed by atoms with E-state index in [2.05, 4.69) is 72.8 Å². The molecule has 0 saturated carbocycles. The predicted octanol–water partition coefficient (Wildman–Crippen LogP) is 5.93. The van der Waals surface area contributed by atoms with Crippen LogP contribution in [0.3, 0.4) is 0 Å². The van der Waals surface area contributed by atoms with Gasteiger partial charge in [-0.3, -0.25) is 0 Å². The zero-order chi connectivity index (χ0) is 17.8. The Kier molecular flexibility index (Phi) is 8.39. The summed E-state index contributed by atoms with van der Waals surface area (Å²) in [4.78, 5) is 0. The van der Waals surface area contributed by atoms with Crippen molar-refractivity contribution in [1.82, 2.24) is 0 Å². The molecule has 0 N–H and O–H groups in total. The third-order valence-electron chi connectivity index (χ3n) is 3.89. The van der Waals surface area contributed by atoms with Crippen molar-refractivity contribution in [3.05, 3.63) is 83.9 Å². The van der Waals surface area contributed by atoms with Gasteiger partial charge >= 0.3 is 8.56 Å². The molecule has 25 heavy (non-hydrogen) atoms. The molecule has 0 aliphatic heterocycles. The number of benzene rings is 2.